The van der Waals surface area contributed by atoms with Gasteiger partial charge in [-0.05, 0) is 56.9 Å². The van der Waals surface area contributed by atoms with Crippen molar-refractivity contribution in [2.24, 2.45) is 0 Å². The molecule has 5 nitrogen and oxygen atoms in total. The molecule has 0 spiro atoms. The normalized spacial score (nSPS) is 12.4. The standard InChI is InChI=1S/C21H23BrN2O3/c1-13-17-11-15(22)8-9-19(17)27-20(13)21(25)23-12-18(24(2)3)14-6-5-7-16(10-14)26-4/h5-11,18H,12H2,1-4H3,(H,23,25)/t18-/m0/s1. The van der Waals surface area contributed by atoms with Crippen LogP contribution in [0.1, 0.15) is 27.7 Å². The van der Waals surface area contributed by atoms with Crippen molar-refractivity contribution in [2.75, 3.05) is 27.7 Å². The maximum absolute atomic E-state index is 12.7. The van der Waals surface area contributed by atoms with Gasteiger partial charge < -0.3 is 19.4 Å². The van der Waals surface area contributed by atoms with E-state index in [0.717, 1.165) is 26.7 Å². The number of nitrogens with one attached hydrogen (secondary N) is 1. The zero-order valence-corrected chi connectivity index (χ0v) is 17.5. The van der Waals surface area contributed by atoms with Crippen molar-refractivity contribution in [3.63, 3.8) is 0 Å². The van der Waals surface area contributed by atoms with E-state index in [2.05, 4.69) is 26.1 Å². The van der Waals surface area contributed by atoms with Gasteiger partial charge in [0.25, 0.3) is 5.91 Å². The number of halogens is 1. The Labute approximate surface area is 167 Å². The molecule has 2 aromatic carbocycles. The van der Waals surface area contributed by atoms with Crippen LogP contribution < -0.4 is 10.1 Å². The smallest absolute Gasteiger partial charge is 0.287 e. The van der Waals surface area contributed by atoms with E-state index in [9.17, 15) is 4.79 Å². The van der Waals surface area contributed by atoms with E-state index in [1.807, 2.05) is 63.5 Å². The molecule has 3 aromatic rings. The second-order valence-electron chi connectivity index (χ2n) is 6.66. The first-order chi connectivity index (χ1) is 12.9. The van der Waals surface area contributed by atoms with Crippen molar-refractivity contribution >= 4 is 32.8 Å². The second kappa shape index (κ2) is 8.15. The van der Waals surface area contributed by atoms with Crippen LogP contribution in [0.3, 0.4) is 0 Å². The molecule has 0 bridgehead atoms. The quantitative estimate of drug-likeness (QED) is 0.623. The molecule has 0 unspecified atom stereocenters. The first-order valence-electron chi connectivity index (χ1n) is 8.68. The molecule has 1 amide bonds. The van der Waals surface area contributed by atoms with Gasteiger partial charge in [-0.1, -0.05) is 28.1 Å². The van der Waals surface area contributed by atoms with Crippen molar-refractivity contribution in [1.82, 2.24) is 10.2 Å². The molecule has 0 fully saturated rings. The predicted molar refractivity (Wildman–Crippen MR) is 110 cm³/mol. The number of carbonyl (C=O) groups is 1. The summed E-state index contributed by atoms with van der Waals surface area (Å²) in [5.74, 6) is 0.935. The van der Waals surface area contributed by atoms with E-state index >= 15 is 0 Å². The maximum Gasteiger partial charge on any atom is 0.287 e. The summed E-state index contributed by atoms with van der Waals surface area (Å²) in [5, 5.41) is 3.94. The molecular weight excluding hydrogens is 408 g/mol. The summed E-state index contributed by atoms with van der Waals surface area (Å²) in [6.45, 7) is 2.36. The molecule has 0 radical (unpaired) electrons. The number of rotatable bonds is 6. The first kappa shape index (κ1) is 19.5. The molecule has 0 aliphatic carbocycles. The number of methoxy groups -OCH3 is 1. The molecule has 27 heavy (non-hydrogen) atoms. The summed E-state index contributed by atoms with van der Waals surface area (Å²) in [4.78, 5) is 14.8. The van der Waals surface area contributed by atoms with Gasteiger partial charge in [0.15, 0.2) is 5.76 Å². The van der Waals surface area contributed by atoms with Crippen LogP contribution in [-0.4, -0.2) is 38.6 Å². The van der Waals surface area contributed by atoms with E-state index in [0.29, 0.717) is 17.9 Å². The summed E-state index contributed by atoms with van der Waals surface area (Å²) in [5.41, 5.74) is 2.62. The zero-order valence-electron chi connectivity index (χ0n) is 15.9. The van der Waals surface area contributed by atoms with Crippen molar-refractivity contribution in [3.05, 3.63) is 63.8 Å². The Morgan fingerprint density at radius 2 is 2.04 bits per heavy atom. The Balaban J connectivity index is 1.79. The van der Waals surface area contributed by atoms with Gasteiger partial charge in [-0.25, -0.2) is 0 Å². The summed E-state index contributed by atoms with van der Waals surface area (Å²) in [6.07, 6.45) is 0. The number of carbonyl (C=O) groups excluding carboxylic acids is 1. The molecule has 1 atom stereocenters. The molecule has 0 saturated heterocycles. The van der Waals surface area contributed by atoms with Gasteiger partial charge in [-0.3, -0.25) is 4.79 Å². The van der Waals surface area contributed by atoms with Crippen molar-refractivity contribution < 1.29 is 13.9 Å². The lowest BCUT2D eigenvalue weighted by atomic mass is 10.1. The lowest BCUT2D eigenvalue weighted by molar-refractivity contribution is 0.0915. The third kappa shape index (κ3) is 4.17. The van der Waals surface area contributed by atoms with Crippen LogP contribution in [0.15, 0.2) is 51.4 Å². The molecule has 0 saturated carbocycles. The Morgan fingerprint density at radius 3 is 2.74 bits per heavy atom. The Kier molecular flexibility index (Phi) is 5.87. The lowest BCUT2D eigenvalue weighted by Crippen LogP contribution is -2.34. The van der Waals surface area contributed by atoms with E-state index in [1.54, 1.807) is 7.11 Å². The van der Waals surface area contributed by atoms with Crippen LogP contribution in [0, 0.1) is 6.92 Å². The summed E-state index contributed by atoms with van der Waals surface area (Å²) in [6, 6.07) is 13.6. The van der Waals surface area contributed by atoms with E-state index < -0.39 is 0 Å². The minimum absolute atomic E-state index is 0.0166. The lowest BCUT2D eigenvalue weighted by Gasteiger charge is -2.25. The predicted octanol–water partition coefficient (Wildman–Crippen LogP) is 4.55. The molecule has 6 heteroatoms. The average molecular weight is 431 g/mol. The SMILES string of the molecule is COc1cccc([C@H](CNC(=O)c2oc3ccc(Br)cc3c2C)N(C)C)c1. The summed E-state index contributed by atoms with van der Waals surface area (Å²) < 4.78 is 12.1. The average Bonchev–Trinajstić information content (AvgIpc) is 2.98. The number of aryl methyl sites for hydroxylation is 1. The minimum Gasteiger partial charge on any atom is -0.497 e. The number of fused-ring (bicyclic) bond motifs is 1. The summed E-state index contributed by atoms with van der Waals surface area (Å²) in [7, 11) is 5.62. The first-order valence-corrected chi connectivity index (χ1v) is 9.47. The maximum atomic E-state index is 12.7. The van der Waals surface area contributed by atoms with E-state index in [4.69, 9.17) is 9.15 Å². The van der Waals surface area contributed by atoms with E-state index in [-0.39, 0.29) is 11.9 Å². The van der Waals surface area contributed by atoms with Gasteiger partial charge in [-0.2, -0.15) is 0 Å². The Morgan fingerprint density at radius 1 is 1.26 bits per heavy atom. The molecule has 1 heterocycles. The number of amides is 1. The molecule has 3 rings (SSSR count). The van der Waals surface area contributed by atoms with Gasteiger partial charge in [-0.15, -0.1) is 0 Å². The highest BCUT2D eigenvalue weighted by molar-refractivity contribution is 9.10. The van der Waals surface area contributed by atoms with Crippen LogP contribution in [-0.2, 0) is 0 Å². The largest absolute Gasteiger partial charge is 0.497 e. The third-order valence-corrected chi connectivity index (χ3v) is 5.16. The monoisotopic (exact) mass is 430 g/mol. The van der Waals surface area contributed by atoms with Crippen molar-refractivity contribution in [2.45, 2.75) is 13.0 Å². The highest BCUT2D eigenvalue weighted by Crippen LogP contribution is 2.28. The highest BCUT2D eigenvalue weighted by Gasteiger charge is 2.21. The number of furan rings is 1. The van der Waals surface area contributed by atoms with Crippen LogP contribution in [0.25, 0.3) is 11.0 Å². The zero-order chi connectivity index (χ0) is 19.6. The molecular formula is C21H23BrN2O3. The number of hydrogen-bond donors (Lipinski definition) is 1. The van der Waals surface area contributed by atoms with E-state index in [1.165, 1.54) is 0 Å². The van der Waals surface area contributed by atoms with Crippen molar-refractivity contribution in [1.29, 1.82) is 0 Å². The molecule has 0 aliphatic rings. The topological polar surface area (TPSA) is 54.7 Å². The van der Waals surface area contributed by atoms with Gasteiger partial charge in [0.05, 0.1) is 13.2 Å². The van der Waals surface area contributed by atoms with Crippen LogP contribution in [0.2, 0.25) is 0 Å². The fourth-order valence-corrected chi connectivity index (χ4v) is 3.49. The number of hydrogen-bond acceptors (Lipinski definition) is 4. The minimum atomic E-state index is -0.213. The molecule has 142 valence electrons. The third-order valence-electron chi connectivity index (χ3n) is 4.66. The second-order valence-corrected chi connectivity index (χ2v) is 7.58. The summed E-state index contributed by atoms with van der Waals surface area (Å²) >= 11 is 3.46. The number of benzene rings is 2. The molecule has 1 aromatic heterocycles. The fourth-order valence-electron chi connectivity index (χ4n) is 3.13. The molecule has 0 aliphatic heterocycles. The highest BCUT2D eigenvalue weighted by atomic mass is 79.9. The van der Waals surface area contributed by atoms with Crippen LogP contribution >= 0.6 is 15.9 Å². The molecule has 1 N–H and O–H groups in total. The fraction of sp³-hybridized carbons (Fsp3) is 0.286. The van der Waals surface area contributed by atoms with Gasteiger partial charge >= 0.3 is 0 Å². The van der Waals surface area contributed by atoms with Gasteiger partial charge in [0.1, 0.15) is 11.3 Å². The Hall–Kier alpha value is -2.31. The number of likely N-dealkylation sites (N-methyl/N-ethyl adjacent to an activating group) is 1. The van der Waals surface area contributed by atoms with Crippen LogP contribution in [0.5, 0.6) is 5.75 Å². The number of ether oxygens (including phenoxy) is 1. The van der Waals surface area contributed by atoms with Gasteiger partial charge in [0, 0.05) is 22.0 Å². The van der Waals surface area contributed by atoms with Crippen LogP contribution in [0.4, 0.5) is 0 Å². The van der Waals surface area contributed by atoms with Crippen molar-refractivity contribution in [3.8, 4) is 5.75 Å². The van der Waals surface area contributed by atoms with Gasteiger partial charge in [0.2, 0.25) is 0 Å². The Bertz CT molecular complexity index is 965. The number of nitrogens with zero attached hydrogens (tertiary/aromatic N) is 1.